The minimum absolute atomic E-state index is 0.123. The Kier molecular flexibility index (Phi) is 3.77. The molecule has 0 saturated carbocycles. The van der Waals surface area contributed by atoms with E-state index in [1.54, 1.807) is 12.1 Å². The molecule has 2 atom stereocenters. The summed E-state index contributed by atoms with van der Waals surface area (Å²) in [6.07, 6.45) is 2.11. The van der Waals surface area contributed by atoms with Gasteiger partial charge in [-0.05, 0) is 60.7 Å². The number of hydrogen-bond donors (Lipinski definition) is 1. The number of rotatable bonds is 3. The predicted octanol–water partition coefficient (Wildman–Crippen LogP) is 4.82. The molecule has 0 amide bonds. The molecule has 1 unspecified atom stereocenters. The molecule has 2 aromatic carbocycles. The standard InChI is InChI=1S/C17H17ClFN/c1-11(12-3-2-4-15(19)10-12)20-17-8-5-13-9-14(18)6-7-16(13)17/h2-4,6-7,9-11,17,20H,5,8H2,1H3/t11-,17?/m1/s1. The van der Waals surface area contributed by atoms with Crippen molar-refractivity contribution in [3.05, 3.63) is 70.0 Å². The maximum Gasteiger partial charge on any atom is 0.123 e. The molecule has 0 saturated heterocycles. The van der Waals surface area contributed by atoms with Crippen molar-refractivity contribution in [3.63, 3.8) is 0 Å². The van der Waals surface area contributed by atoms with E-state index in [0.29, 0.717) is 6.04 Å². The Morgan fingerprint density at radius 1 is 1.25 bits per heavy atom. The van der Waals surface area contributed by atoms with Gasteiger partial charge in [0.1, 0.15) is 5.82 Å². The largest absolute Gasteiger partial charge is 0.303 e. The summed E-state index contributed by atoms with van der Waals surface area (Å²) in [5.41, 5.74) is 3.62. The normalized spacial score (nSPS) is 18.9. The number of aryl methyl sites for hydroxylation is 1. The summed E-state index contributed by atoms with van der Waals surface area (Å²) in [7, 11) is 0. The zero-order valence-electron chi connectivity index (χ0n) is 11.4. The molecule has 0 fully saturated rings. The SMILES string of the molecule is C[C@@H](NC1CCc2cc(Cl)ccc21)c1cccc(F)c1. The molecule has 2 aromatic rings. The highest BCUT2D eigenvalue weighted by molar-refractivity contribution is 6.30. The first-order chi connectivity index (χ1) is 9.63. The lowest BCUT2D eigenvalue weighted by Crippen LogP contribution is -2.23. The van der Waals surface area contributed by atoms with Crippen molar-refractivity contribution in [2.75, 3.05) is 0 Å². The van der Waals surface area contributed by atoms with Crippen molar-refractivity contribution in [2.45, 2.75) is 31.8 Å². The third-order valence-corrected chi connectivity index (χ3v) is 4.22. The second-order valence-corrected chi connectivity index (χ2v) is 5.81. The molecule has 1 nitrogen and oxygen atoms in total. The van der Waals surface area contributed by atoms with Crippen LogP contribution in [0.3, 0.4) is 0 Å². The zero-order valence-corrected chi connectivity index (χ0v) is 12.1. The van der Waals surface area contributed by atoms with Crippen LogP contribution in [0, 0.1) is 5.82 Å². The Bertz CT molecular complexity index is 626. The zero-order chi connectivity index (χ0) is 14.1. The molecule has 0 spiro atoms. The highest BCUT2D eigenvalue weighted by Crippen LogP contribution is 2.34. The van der Waals surface area contributed by atoms with E-state index < -0.39 is 0 Å². The molecule has 0 aromatic heterocycles. The van der Waals surface area contributed by atoms with Gasteiger partial charge in [0.15, 0.2) is 0 Å². The predicted molar refractivity (Wildman–Crippen MR) is 80.5 cm³/mol. The van der Waals surface area contributed by atoms with Crippen LogP contribution in [0.4, 0.5) is 4.39 Å². The molecule has 0 aliphatic heterocycles. The lowest BCUT2D eigenvalue weighted by molar-refractivity contribution is 0.463. The highest BCUT2D eigenvalue weighted by Gasteiger charge is 2.24. The van der Waals surface area contributed by atoms with Crippen LogP contribution < -0.4 is 5.32 Å². The van der Waals surface area contributed by atoms with E-state index in [1.807, 2.05) is 18.2 Å². The van der Waals surface area contributed by atoms with Gasteiger partial charge in [-0.2, -0.15) is 0 Å². The van der Waals surface area contributed by atoms with Crippen LogP contribution in [0.15, 0.2) is 42.5 Å². The first-order valence-electron chi connectivity index (χ1n) is 6.93. The molecule has 0 bridgehead atoms. The topological polar surface area (TPSA) is 12.0 Å². The smallest absolute Gasteiger partial charge is 0.123 e. The Morgan fingerprint density at radius 3 is 2.90 bits per heavy atom. The summed E-state index contributed by atoms with van der Waals surface area (Å²) in [5.74, 6) is -0.185. The summed E-state index contributed by atoms with van der Waals surface area (Å²) >= 11 is 6.03. The van der Waals surface area contributed by atoms with Gasteiger partial charge in [-0.15, -0.1) is 0 Å². The van der Waals surface area contributed by atoms with Gasteiger partial charge in [-0.1, -0.05) is 29.8 Å². The van der Waals surface area contributed by atoms with E-state index in [-0.39, 0.29) is 11.9 Å². The van der Waals surface area contributed by atoms with E-state index in [2.05, 4.69) is 18.3 Å². The van der Waals surface area contributed by atoms with Gasteiger partial charge in [0.2, 0.25) is 0 Å². The summed E-state index contributed by atoms with van der Waals surface area (Å²) < 4.78 is 13.3. The maximum absolute atomic E-state index is 13.3. The molecule has 104 valence electrons. The van der Waals surface area contributed by atoms with Gasteiger partial charge < -0.3 is 5.32 Å². The van der Waals surface area contributed by atoms with Crippen molar-refractivity contribution in [1.29, 1.82) is 0 Å². The molecule has 20 heavy (non-hydrogen) atoms. The van der Waals surface area contributed by atoms with Crippen LogP contribution in [0.25, 0.3) is 0 Å². The first kappa shape index (κ1) is 13.6. The van der Waals surface area contributed by atoms with E-state index in [4.69, 9.17) is 11.6 Å². The van der Waals surface area contributed by atoms with E-state index in [9.17, 15) is 4.39 Å². The number of hydrogen-bond acceptors (Lipinski definition) is 1. The van der Waals surface area contributed by atoms with Crippen molar-refractivity contribution in [2.24, 2.45) is 0 Å². The van der Waals surface area contributed by atoms with Crippen molar-refractivity contribution in [3.8, 4) is 0 Å². The number of nitrogens with one attached hydrogen (secondary N) is 1. The molecule has 0 heterocycles. The molecule has 3 heteroatoms. The minimum atomic E-state index is -0.185. The van der Waals surface area contributed by atoms with Gasteiger partial charge in [-0.25, -0.2) is 4.39 Å². The second kappa shape index (κ2) is 5.55. The molecular formula is C17H17ClFN. The molecule has 1 aliphatic rings. The third kappa shape index (κ3) is 2.72. The fourth-order valence-corrected chi connectivity index (χ4v) is 3.13. The molecule has 0 radical (unpaired) electrons. The van der Waals surface area contributed by atoms with E-state index >= 15 is 0 Å². The maximum atomic E-state index is 13.3. The lowest BCUT2D eigenvalue weighted by atomic mass is 10.0. The number of halogens is 2. The van der Waals surface area contributed by atoms with Gasteiger partial charge in [0.05, 0.1) is 0 Å². The summed E-state index contributed by atoms with van der Waals surface area (Å²) in [6.45, 7) is 2.07. The fourth-order valence-electron chi connectivity index (χ4n) is 2.93. The second-order valence-electron chi connectivity index (χ2n) is 5.38. The van der Waals surface area contributed by atoms with E-state index in [0.717, 1.165) is 23.4 Å². The van der Waals surface area contributed by atoms with Crippen LogP contribution in [0.2, 0.25) is 5.02 Å². The molecular weight excluding hydrogens is 273 g/mol. The third-order valence-electron chi connectivity index (χ3n) is 3.98. The number of fused-ring (bicyclic) bond motifs is 1. The first-order valence-corrected chi connectivity index (χ1v) is 7.31. The van der Waals surface area contributed by atoms with Crippen LogP contribution in [-0.2, 0) is 6.42 Å². The lowest BCUT2D eigenvalue weighted by Gasteiger charge is -2.21. The molecule has 1 N–H and O–H groups in total. The Hall–Kier alpha value is -1.38. The quantitative estimate of drug-likeness (QED) is 0.854. The van der Waals surface area contributed by atoms with Crippen LogP contribution in [-0.4, -0.2) is 0 Å². The van der Waals surface area contributed by atoms with Crippen LogP contribution >= 0.6 is 11.6 Å². The Morgan fingerprint density at radius 2 is 2.10 bits per heavy atom. The average Bonchev–Trinajstić information content (AvgIpc) is 2.81. The van der Waals surface area contributed by atoms with Crippen molar-refractivity contribution >= 4 is 11.6 Å². The van der Waals surface area contributed by atoms with Gasteiger partial charge in [0.25, 0.3) is 0 Å². The van der Waals surface area contributed by atoms with Crippen molar-refractivity contribution in [1.82, 2.24) is 5.32 Å². The Labute approximate surface area is 123 Å². The number of benzene rings is 2. The van der Waals surface area contributed by atoms with Gasteiger partial charge in [-0.3, -0.25) is 0 Å². The average molecular weight is 290 g/mol. The Balaban J connectivity index is 1.77. The van der Waals surface area contributed by atoms with Gasteiger partial charge >= 0.3 is 0 Å². The molecule has 3 rings (SSSR count). The summed E-state index contributed by atoms with van der Waals surface area (Å²) in [4.78, 5) is 0. The monoisotopic (exact) mass is 289 g/mol. The molecule has 1 aliphatic carbocycles. The van der Waals surface area contributed by atoms with E-state index in [1.165, 1.54) is 17.2 Å². The highest BCUT2D eigenvalue weighted by atomic mass is 35.5. The van der Waals surface area contributed by atoms with Crippen molar-refractivity contribution < 1.29 is 4.39 Å². The van der Waals surface area contributed by atoms with Crippen LogP contribution in [0.1, 0.15) is 42.1 Å². The van der Waals surface area contributed by atoms with Crippen LogP contribution in [0.5, 0.6) is 0 Å². The summed E-state index contributed by atoms with van der Waals surface area (Å²) in [6, 6.07) is 13.3. The summed E-state index contributed by atoms with van der Waals surface area (Å²) in [5, 5.41) is 4.38. The fraction of sp³-hybridized carbons (Fsp3) is 0.294. The minimum Gasteiger partial charge on any atom is -0.303 e. The van der Waals surface area contributed by atoms with Gasteiger partial charge in [0, 0.05) is 17.1 Å².